The number of aliphatic hydroxyl groups excluding tert-OH is 1. The summed E-state index contributed by atoms with van der Waals surface area (Å²) in [7, 11) is -4.22. The molecule has 1 atom stereocenters. The summed E-state index contributed by atoms with van der Waals surface area (Å²) in [6, 6.07) is 3.82. The molecule has 19 heavy (non-hydrogen) atoms. The molecule has 1 aromatic rings. The van der Waals surface area contributed by atoms with Crippen LogP contribution in [-0.4, -0.2) is 32.3 Å². The number of alkyl halides is 3. The SMILES string of the molecule is Nc1cc(Br)ccc1S(=O)(=O)NCC(O)C(F)(F)F. The molecule has 0 heterocycles. The molecule has 0 saturated heterocycles. The number of rotatable bonds is 4. The lowest BCUT2D eigenvalue weighted by Gasteiger charge is -2.15. The van der Waals surface area contributed by atoms with Crippen molar-refractivity contribution in [1.29, 1.82) is 0 Å². The van der Waals surface area contributed by atoms with Gasteiger partial charge in [-0.3, -0.25) is 0 Å². The second-order valence-corrected chi connectivity index (χ2v) is 6.24. The molecule has 10 heteroatoms. The molecule has 1 rings (SSSR count). The third-order valence-electron chi connectivity index (χ3n) is 2.11. The molecule has 0 spiro atoms. The van der Waals surface area contributed by atoms with Crippen molar-refractivity contribution in [2.75, 3.05) is 12.3 Å². The number of aliphatic hydroxyl groups is 1. The Morgan fingerprint density at radius 1 is 1.42 bits per heavy atom. The van der Waals surface area contributed by atoms with E-state index in [2.05, 4.69) is 15.9 Å². The quantitative estimate of drug-likeness (QED) is 0.702. The number of nitrogens with one attached hydrogen (secondary N) is 1. The zero-order valence-corrected chi connectivity index (χ0v) is 11.7. The highest BCUT2D eigenvalue weighted by Crippen LogP contribution is 2.23. The van der Waals surface area contributed by atoms with E-state index in [0.29, 0.717) is 4.47 Å². The van der Waals surface area contributed by atoms with E-state index in [9.17, 15) is 21.6 Å². The average molecular weight is 363 g/mol. The van der Waals surface area contributed by atoms with Crippen molar-refractivity contribution >= 4 is 31.6 Å². The van der Waals surface area contributed by atoms with Crippen LogP contribution in [-0.2, 0) is 10.0 Å². The minimum atomic E-state index is -4.90. The van der Waals surface area contributed by atoms with Crippen LogP contribution in [0.5, 0.6) is 0 Å². The summed E-state index contributed by atoms with van der Waals surface area (Å²) < 4.78 is 61.7. The molecular formula is C9H10BrF3N2O3S. The molecular weight excluding hydrogens is 353 g/mol. The first kappa shape index (κ1) is 16.2. The maximum atomic E-state index is 12.0. The summed E-state index contributed by atoms with van der Waals surface area (Å²) in [5, 5.41) is 8.72. The molecule has 5 nitrogen and oxygen atoms in total. The second-order valence-electron chi connectivity index (χ2n) is 3.59. The fraction of sp³-hybridized carbons (Fsp3) is 0.333. The molecule has 1 aromatic carbocycles. The van der Waals surface area contributed by atoms with Gasteiger partial charge < -0.3 is 10.8 Å². The van der Waals surface area contributed by atoms with Crippen LogP contribution in [0, 0.1) is 0 Å². The number of nitrogen functional groups attached to an aromatic ring is 1. The number of halogens is 4. The summed E-state index contributed by atoms with van der Waals surface area (Å²) in [5.74, 6) is 0. The first-order chi connectivity index (χ1) is 8.54. The molecule has 0 aliphatic heterocycles. The Hall–Kier alpha value is -0.840. The highest BCUT2D eigenvalue weighted by Gasteiger charge is 2.38. The summed E-state index contributed by atoms with van der Waals surface area (Å²) in [5.41, 5.74) is 5.34. The fourth-order valence-corrected chi connectivity index (χ4v) is 2.67. The van der Waals surface area contributed by atoms with Gasteiger partial charge in [-0.2, -0.15) is 13.2 Å². The van der Waals surface area contributed by atoms with Crippen LogP contribution < -0.4 is 10.5 Å². The van der Waals surface area contributed by atoms with Crippen LogP contribution in [0.2, 0.25) is 0 Å². The lowest BCUT2D eigenvalue weighted by atomic mass is 10.3. The number of anilines is 1. The maximum Gasteiger partial charge on any atom is 0.415 e. The van der Waals surface area contributed by atoms with Crippen LogP contribution in [0.4, 0.5) is 18.9 Å². The van der Waals surface area contributed by atoms with E-state index in [1.807, 2.05) is 0 Å². The van der Waals surface area contributed by atoms with Crippen molar-refractivity contribution in [2.45, 2.75) is 17.2 Å². The Bertz CT molecular complexity index is 562. The second kappa shape index (κ2) is 5.65. The Morgan fingerprint density at radius 3 is 2.47 bits per heavy atom. The minimum absolute atomic E-state index is 0.122. The number of hydrogen-bond acceptors (Lipinski definition) is 4. The highest BCUT2D eigenvalue weighted by atomic mass is 79.9. The standard InChI is InChI=1S/C9H10BrF3N2O3S/c10-5-1-2-7(6(14)3-5)19(17,18)15-4-8(16)9(11,12)13/h1-3,8,15-16H,4,14H2. The third kappa shape index (κ3) is 4.34. The van der Waals surface area contributed by atoms with Crippen molar-refractivity contribution in [3.8, 4) is 0 Å². The summed E-state index contributed by atoms with van der Waals surface area (Å²) >= 11 is 3.07. The van der Waals surface area contributed by atoms with Gasteiger partial charge in [0.05, 0.1) is 5.69 Å². The van der Waals surface area contributed by atoms with E-state index in [1.165, 1.54) is 12.1 Å². The van der Waals surface area contributed by atoms with Gasteiger partial charge in [-0.05, 0) is 18.2 Å². The topological polar surface area (TPSA) is 92.4 Å². The van der Waals surface area contributed by atoms with Crippen molar-refractivity contribution in [3.05, 3.63) is 22.7 Å². The van der Waals surface area contributed by atoms with Crippen molar-refractivity contribution in [2.24, 2.45) is 0 Å². The van der Waals surface area contributed by atoms with Crippen LogP contribution in [0.15, 0.2) is 27.6 Å². The Morgan fingerprint density at radius 2 is 2.00 bits per heavy atom. The van der Waals surface area contributed by atoms with E-state index in [4.69, 9.17) is 10.8 Å². The van der Waals surface area contributed by atoms with Crippen LogP contribution in [0.3, 0.4) is 0 Å². The highest BCUT2D eigenvalue weighted by molar-refractivity contribution is 9.10. The molecule has 0 radical (unpaired) electrons. The molecule has 4 N–H and O–H groups in total. The fourth-order valence-electron chi connectivity index (χ4n) is 1.15. The van der Waals surface area contributed by atoms with Gasteiger partial charge in [-0.15, -0.1) is 0 Å². The van der Waals surface area contributed by atoms with Crippen molar-refractivity contribution < 1.29 is 26.7 Å². The number of nitrogens with two attached hydrogens (primary N) is 1. The minimum Gasteiger partial charge on any atom is -0.398 e. The molecule has 0 saturated carbocycles. The lowest BCUT2D eigenvalue weighted by Crippen LogP contribution is -2.40. The van der Waals surface area contributed by atoms with E-state index in [0.717, 1.165) is 6.07 Å². The van der Waals surface area contributed by atoms with Gasteiger partial charge in [0.2, 0.25) is 10.0 Å². The Labute approximate surface area is 115 Å². The predicted molar refractivity (Wildman–Crippen MR) is 65.8 cm³/mol. The van der Waals surface area contributed by atoms with Crippen molar-refractivity contribution in [3.63, 3.8) is 0 Å². The van der Waals surface area contributed by atoms with Gasteiger partial charge in [-0.25, -0.2) is 13.1 Å². The van der Waals surface area contributed by atoms with Gasteiger partial charge in [0, 0.05) is 11.0 Å². The van der Waals surface area contributed by atoms with E-state index in [1.54, 1.807) is 4.72 Å². The Kier molecular flexibility index (Phi) is 4.82. The maximum absolute atomic E-state index is 12.0. The van der Waals surface area contributed by atoms with E-state index in [-0.39, 0.29) is 10.6 Å². The first-order valence-corrected chi connectivity index (χ1v) is 7.11. The van der Waals surface area contributed by atoms with Crippen LogP contribution in [0.25, 0.3) is 0 Å². The molecule has 0 fully saturated rings. The van der Waals surface area contributed by atoms with E-state index >= 15 is 0 Å². The van der Waals surface area contributed by atoms with Gasteiger partial charge in [0.1, 0.15) is 4.90 Å². The number of hydrogen-bond donors (Lipinski definition) is 3. The molecule has 108 valence electrons. The monoisotopic (exact) mass is 362 g/mol. The smallest absolute Gasteiger partial charge is 0.398 e. The van der Waals surface area contributed by atoms with Gasteiger partial charge in [-0.1, -0.05) is 15.9 Å². The average Bonchev–Trinajstić information content (AvgIpc) is 2.24. The predicted octanol–water partition coefficient (Wildman–Crippen LogP) is 1.23. The van der Waals surface area contributed by atoms with Crippen LogP contribution >= 0.6 is 15.9 Å². The number of benzene rings is 1. The van der Waals surface area contributed by atoms with Gasteiger partial charge in [0.15, 0.2) is 6.10 Å². The lowest BCUT2D eigenvalue weighted by molar-refractivity contribution is -0.200. The summed E-state index contributed by atoms with van der Waals surface area (Å²) in [6.07, 6.45) is -7.67. The molecule has 1 unspecified atom stereocenters. The normalized spacial score (nSPS) is 14.4. The zero-order chi connectivity index (χ0) is 14.8. The first-order valence-electron chi connectivity index (χ1n) is 4.83. The number of sulfonamides is 1. The molecule has 0 aliphatic carbocycles. The third-order valence-corrected chi connectivity index (χ3v) is 4.10. The van der Waals surface area contributed by atoms with Crippen molar-refractivity contribution in [1.82, 2.24) is 4.72 Å². The summed E-state index contributed by atoms with van der Waals surface area (Å²) in [4.78, 5) is -0.356. The molecule has 0 aliphatic rings. The van der Waals surface area contributed by atoms with E-state index < -0.39 is 28.8 Å². The van der Waals surface area contributed by atoms with Gasteiger partial charge in [0.25, 0.3) is 0 Å². The van der Waals surface area contributed by atoms with Crippen LogP contribution in [0.1, 0.15) is 0 Å². The van der Waals surface area contributed by atoms with Gasteiger partial charge >= 0.3 is 6.18 Å². The largest absolute Gasteiger partial charge is 0.415 e. The summed E-state index contributed by atoms with van der Waals surface area (Å²) in [6.45, 7) is -1.18. The Balaban J connectivity index is 2.88. The molecule has 0 aromatic heterocycles. The zero-order valence-electron chi connectivity index (χ0n) is 9.28. The molecule has 0 bridgehead atoms. The molecule has 0 amide bonds.